The molecule has 0 atom stereocenters. The summed E-state index contributed by atoms with van der Waals surface area (Å²) in [4.78, 5) is 12.8. The van der Waals surface area contributed by atoms with Gasteiger partial charge in [0.05, 0.1) is 11.1 Å². The van der Waals surface area contributed by atoms with E-state index in [2.05, 4.69) is 21.1 Å². The molecule has 1 aromatic heterocycles. The zero-order chi connectivity index (χ0) is 24.9. The lowest BCUT2D eigenvalue weighted by molar-refractivity contribution is 0.0947. The van der Waals surface area contributed by atoms with Crippen molar-refractivity contribution in [2.24, 2.45) is 0 Å². The average Bonchev–Trinajstić information content (AvgIpc) is 3.29. The van der Waals surface area contributed by atoms with Crippen molar-refractivity contribution < 1.29 is 19.5 Å². The largest absolute Gasteiger partial charge is 0.508 e. The number of piperidine rings is 1. The second-order valence-corrected chi connectivity index (χ2v) is 9.28. The van der Waals surface area contributed by atoms with Gasteiger partial charge in [-0.2, -0.15) is 0 Å². The van der Waals surface area contributed by atoms with Gasteiger partial charge in [0.2, 0.25) is 0 Å². The predicted octanol–water partition coefficient (Wildman–Crippen LogP) is 4.13. The number of amides is 1. The lowest BCUT2D eigenvalue weighted by atomic mass is 9.94. The molecule has 3 aromatic rings. The first-order valence-corrected chi connectivity index (χ1v) is 12.3. The molecule has 1 saturated heterocycles. The number of phenols is 2. The Kier molecular flexibility index (Phi) is 7.73. The highest BCUT2D eigenvalue weighted by molar-refractivity contribution is 6.02. The van der Waals surface area contributed by atoms with E-state index in [-0.39, 0.29) is 34.8 Å². The summed E-state index contributed by atoms with van der Waals surface area (Å²) in [6.45, 7) is 9.03. The van der Waals surface area contributed by atoms with Crippen LogP contribution in [0.15, 0.2) is 40.9 Å². The minimum Gasteiger partial charge on any atom is -0.508 e. The van der Waals surface area contributed by atoms with Crippen LogP contribution < -0.4 is 16.0 Å². The molecule has 0 unspecified atom stereocenters. The van der Waals surface area contributed by atoms with Crippen LogP contribution in [0.25, 0.3) is 22.5 Å². The molecular formula is C27H34N4O4. The molecule has 1 amide bonds. The van der Waals surface area contributed by atoms with E-state index in [0.717, 1.165) is 43.6 Å². The van der Waals surface area contributed by atoms with Gasteiger partial charge in [-0.3, -0.25) is 4.79 Å². The number of aromatic nitrogens is 1. The Balaban J connectivity index is 1.70. The van der Waals surface area contributed by atoms with Gasteiger partial charge in [0.25, 0.3) is 5.91 Å². The molecule has 35 heavy (non-hydrogen) atoms. The van der Waals surface area contributed by atoms with E-state index >= 15 is 0 Å². The van der Waals surface area contributed by atoms with Crippen LogP contribution >= 0.6 is 0 Å². The normalized spacial score (nSPS) is 14.4. The van der Waals surface area contributed by atoms with Crippen LogP contribution in [0, 0.1) is 0 Å². The van der Waals surface area contributed by atoms with Crippen molar-refractivity contribution >= 4 is 5.91 Å². The number of hydrogen-bond donors (Lipinski definition) is 5. The molecule has 1 aliphatic heterocycles. The summed E-state index contributed by atoms with van der Waals surface area (Å²) in [5, 5.41) is 34.8. The van der Waals surface area contributed by atoms with E-state index in [1.54, 1.807) is 6.07 Å². The maximum Gasteiger partial charge on any atom is 0.274 e. The van der Waals surface area contributed by atoms with Crippen molar-refractivity contribution in [3.63, 3.8) is 0 Å². The molecule has 5 N–H and O–H groups in total. The third-order valence-electron chi connectivity index (χ3n) is 6.43. The van der Waals surface area contributed by atoms with Crippen LogP contribution in [-0.4, -0.2) is 47.0 Å². The molecule has 0 radical (unpaired) electrons. The number of benzene rings is 2. The number of phenolic OH excluding ortho intramolecular Hbond substituents is 2. The fourth-order valence-electron chi connectivity index (χ4n) is 4.46. The Hall–Kier alpha value is -3.36. The lowest BCUT2D eigenvalue weighted by Gasteiger charge is -2.23. The van der Waals surface area contributed by atoms with Crippen molar-refractivity contribution in [1.29, 1.82) is 0 Å². The van der Waals surface area contributed by atoms with E-state index < -0.39 is 0 Å². The molecule has 0 saturated carbocycles. The van der Waals surface area contributed by atoms with Crippen molar-refractivity contribution in [1.82, 2.24) is 21.1 Å². The van der Waals surface area contributed by atoms with Crippen LogP contribution in [0.4, 0.5) is 0 Å². The number of hydrogen-bond acceptors (Lipinski definition) is 7. The van der Waals surface area contributed by atoms with Gasteiger partial charge in [-0.25, -0.2) is 0 Å². The van der Waals surface area contributed by atoms with Gasteiger partial charge in [-0.15, -0.1) is 0 Å². The third-order valence-corrected chi connectivity index (χ3v) is 6.43. The van der Waals surface area contributed by atoms with E-state index in [9.17, 15) is 15.0 Å². The summed E-state index contributed by atoms with van der Waals surface area (Å²) in [6, 6.07) is 11.4. The molecule has 2 heterocycles. The molecule has 186 valence electrons. The minimum atomic E-state index is -0.350. The molecule has 0 aliphatic carbocycles. The second-order valence-electron chi connectivity index (χ2n) is 9.28. The summed E-state index contributed by atoms with van der Waals surface area (Å²) in [6.07, 6.45) is 2.24. The fourth-order valence-corrected chi connectivity index (χ4v) is 4.46. The number of nitrogens with one attached hydrogen (secondary N) is 3. The molecule has 0 bridgehead atoms. The molecule has 8 heteroatoms. The topological polar surface area (TPSA) is 120 Å². The number of carbonyl (C=O) groups is 1. The van der Waals surface area contributed by atoms with Gasteiger partial charge in [-0.1, -0.05) is 43.3 Å². The smallest absolute Gasteiger partial charge is 0.274 e. The van der Waals surface area contributed by atoms with Crippen LogP contribution in [0.3, 0.4) is 0 Å². The number of rotatable bonds is 8. The molecule has 1 aliphatic rings. The van der Waals surface area contributed by atoms with Crippen LogP contribution in [0.2, 0.25) is 0 Å². The van der Waals surface area contributed by atoms with E-state index in [4.69, 9.17) is 4.52 Å². The number of carbonyl (C=O) groups excluding carboxylic acids is 1. The highest BCUT2D eigenvalue weighted by Crippen LogP contribution is 2.43. The van der Waals surface area contributed by atoms with E-state index in [1.165, 1.54) is 6.07 Å². The molecule has 1 fully saturated rings. The van der Waals surface area contributed by atoms with E-state index in [0.29, 0.717) is 29.3 Å². The van der Waals surface area contributed by atoms with E-state index in [1.807, 2.05) is 45.0 Å². The minimum absolute atomic E-state index is 0.0110. The first-order chi connectivity index (χ1) is 16.9. The van der Waals surface area contributed by atoms with Gasteiger partial charge >= 0.3 is 0 Å². The quantitative estimate of drug-likeness (QED) is 0.330. The second kappa shape index (κ2) is 10.9. The SMILES string of the molecule is CCNC(=O)c1noc(-c2cc(C(C)C)c(O)cc2O)c1-c1ccc(CNC2CCNCC2)cc1. The van der Waals surface area contributed by atoms with Gasteiger partial charge in [0, 0.05) is 25.2 Å². The summed E-state index contributed by atoms with van der Waals surface area (Å²) < 4.78 is 5.65. The Labute approximate surface area is 205 Å². The van der Waals surface area contributed by atoms with Gasteiger partial charge in [0.15, 0.2) is 11.5 Å². The number of nitrogens with zero attached hydrogens (tertiary/aromatic N) is 1. The third kappa shape index (κ3) is 5.49. The first-order valence-electron chi connectivity index (χ1n) is 12.3. The van der Waals surface area contributed by atoms with Crippen molar-refractivity contribution in [3.05, 3.63) is 53.2 Å². The Morgan fingerprint density at radius 2 is 1.86 bits per heavy atom. The van der Waals surface area contributed by atoms with Crippen molar-refractivity contribution in [2.45, 2.75) is 52.1 Å². The number of aromatic hydroxyl groups is 2. The molecule has 0 spiro atoms. The zero-order valence-electron chi connectivity index (χ0n) is 20.5. The highest BCUT2D eigenvalue weighted by atomic mass is 16.5. The van der Waals surface area contributed by atoms with Gasteiger partial charge in [-0.05, 0) is 61.5 Å². The summed E-state index contributed by atoms with van der Waals surface area (Å²) in [5.74, 6) is -0.176. The van der Waals surface area contributed by atoms with Gasteiger partial charge in [0.1, 0.15) is 11.5 Å². The van der Waals surface area contributed by atoms with Crippen LogP contribution in [0.1, 0.15) is 61.1 Å². The molecule has 8 nitrogen and oxygen atoms in total. The standard InChI is InChI=1S/C27H34N4O4/c1-4-29-27(34)25-24(18-7-5-17(6-8-18)15-30-19-9-11-28-12-10-19)26(35-31-25)21-13-20(16(2)3)22(32)14-23(21)33/h5-8,13-14,16,19,28,30,32-33H,4,9-12,15H2,1-3H3,(H,29,34). The predicted molar refractivity (Wildman–Crippen MR) is 136 cm³/mol. The first kappa shape index (κ1) is 24.8. The Bertz CT molecular complexity index is 1160. The summed E-state index contributed by atoms with van der Waals surface area (Å²) in [7, 11) is 0. The summed E-state index contributed by atoms with van der Waals surface area (Å²) >= 11 is 0. The average molecular weight is 479 g/mol. The lowest BCUT2D eigenvalue weighted by Crippen LogP contribution is -2.39. The van der Waals surface area contributed by atoms with Crippen molar-refractivity contribution in [3.8, 4) is 33.9 Å². The maximum atomic E-state index is 12.8. The van der Waals surface area contributed by atoms with Crippen LogP contribution in [-0.2, 0) is 6.54 Å². The Morgan fingerprint density at radius 3 is 2.51 bits per heavy atom. The van der Waals surface area contributed by atoms with Crippen LogP contribution in [0.5, 0.6) is 11.5 Å². The molecular weight excluding hydrogens is 444 g/mol. The zero-order valence-corrected chi connectivity index (χ0v) is 20.5. The fraction of sp³-hybridized carbons (Fsp3) is 0.407. The summed E-state index contributed by atoms with van der Waals surface area (Å²) in [5.41, 5.74) is 3.59. The maximum absolute atomic E-state index is 12.8. The van der Waals surface area contributed by atoms with Gasteiger partial charge < -0.3 is 30.7 Å². The monoisotopic (exact) mass is 478 g/mol. The highest BCUT2D eigenvalue weighted by Gasteiger charge is 2.27. The Morgan fingerprint density at radius 1 is 1.14 bits per heavy atom. The molecule has 4 rings (SSSR count). The van der Waals surface area contributed by atoms with Crippen molar-refractivity contribution in [2.75, 3.05) is 19.6 Å². The molecule has 2 aromatic carbocycles.